The van der Waals surface area contributed by atoms with Gasteiger partial charge in [0.1, 0.15) is 24.0 Å². The highest BCUT2D eigenvalue weighted by atomic mass is 35.5. The minimum atomic E-state index is -0.668. The molecule has 4 nitrogen and oxygen atoms in total. The number of halogens is 3. The van der Waals surface area contributed by atoms with Crippen LogP contribution >= 0.6 is 11.6 Å². The second-order valence-electron chi connectivity index (χ2n) is 7.60. The van der Waals surface area contributed by atoms with Crippen LogP contribution in [0.2, 0.25) is 5.02 Å². The number of allylic oxidation sites excluding steroid dienone is 2. The largest absolute Gasteiger partial charge is 0.488 e. The van der Waals surface area contributed by atoms with Gasteiger partial charge >= 0.3 is 5.97 Å². The Bertz CT molecular complexity index is 1230. The van der Waals surface area contributed by atoms with Crippen LogP contribution in [0.1, 0.15) is 53.4 Å². The van der Waals surface area contributed by atoms with Crippen LogP contribution in [0.5, 0.6) is 5.75 Å². The molecule has 0 spiro atoms. The van der Waals surface area contributed by atoms with E-state index in [1.54, 1.807) is 43.5 Å². The van der Waals surface area contributed by atoms with Gasteiger partial charge in [-0.2, -0.15) is 0 Å². The van der Waals surface area contributed by atoms with Crippen LogP contribution in [0.25, 0.3) is 11.1 Å². The maximum atomic E-state index is 14.1. The second kappa shape index (κ2) is 10.1. The van der Waals surface area contributed by atoms with Crippen molar-refractivity contribution in [2.45, 2.75) is 32.8 Å². The number of esters is 1. The van der Waals surface area contributed by atoms with Crippen LogP contribution in [0.15, 0.2) is 54.7 Å². The lowest BCUT2D eigenvalue weighted by Gasteiger charge is -2.16. The van der Waals surface area contributed by atoms with Gasteiger partial charge in [-0.05, 0) is 79.8 Å². The zero-order valence-corrected chi connectivity index (χ0v) is 18.8. The van der Waals surface area contributed by atoms with Crippen molar-refractivity contribution in [1.29, 1.82) is 0 Å². The van der Waals surface area contributed by atoms with E-state index in [1.807, 2.05) is 0 Å². The molecule has 0 N–H and O–H groups in total. The number of hydrogen-bond acceptors (Lipinski definition) is 4. The van der Waals surface area contributed by atoms with Crippen LogP contribution in [0.4, 0.5) is 8.78 Å². The van der Waals surface area contributed by atoms with Gasteiger partial charge in [0.05, 0.1) is 17.9 Å². The smallest absolute Gasteiger partial charge is 0.340 e. The van der Waals surface area contributed by atoms with E-state index in [0.29, 0.717) is 22.0 Å². The summed E-state index contributed by atoms with van der Waals surface area (Å²) in [5.74, 6) is -1.21. The molecule has 1 aliphatic carbocycles. The van der Waals surface area contributed by atoms with Crippen molar-refractivity contribution >= 4 is 28.7 Å². The van der Waals surface area contributed by atoms with Gasteiger partial charge in [0.2, 0.25) is 0 Å². The molecule has 2 aromatic carbocycles. The quantitative estimate of drug-likeness (QED) is 0.354. The van der Waals surface area contributed by atoms with Crippen molar-refractivity contribution in [2.75, 3.05) is 6.61 Å². The third kappa shape index (κ3) is 5.06. The summed E-state index contributed by atoms with van der Waals surface area (Å²) >= 11 is 6.30. The lowest BCUT2D eigenvalue weighted by molar-refractivity contribution is 0.0525. The van der Waals surface area contributed by atoms with E-state index < -0.39 is 17.6 Å². The maximum absolute atomic E-state index is 14.1. The molecule has 1 aliphatic rings. The molecule has 0 saturated carbocycles. The first-order valence-corrected chi connectivity index (χ1v) is 11.1. The first-order valence-electron chi connectivity index (χ1n) is 10.7. The number of ether oxygens (including phenoxy) is 2. The summed E-state index contributed by atoms with van der Waals surface area (Å²) in [5, 5.41) is 0.524. The van der Waals surface area contributed by atoms with Crippen LogP contribution in [-0.4, -0.2) is 17.6 Å². The van der Waals surface area contributed by atoms with E-state index in [9.17, 15) is 13.6 Å². The Balaban J connectivity index is 1.73. The Morgan fingerprint density at radius 1 is 1.09 bits per heavy atom. The molecule has 4 rings (SSSR count). The summed E-state index contributed by atoms with van der Waals surface area (Å²) in [6, 6.07) is 12.0. The van der Waals surface area contributed by atoms with Gasteiger partial charge in [0.25, 0.3) is 0 Å². The molecule has 0 aliphatic heterocycles. The summed E-state index contributed by atoms with van der Waals surface area (Å²) in [7, 11) is 0. The Labute approximate surface area is 195 Å². The molecule has 170 valence electrons. The zero-order chi connectivity index (χ0) is 23.4. The SMILES string of the molecule is CCOC(=O)c1cccnc1C1=C(c2cc(Cl)ccc2OCc2ccc(F)cc2F)CCC1. The molecule has 3 aromatic rings. The van der Waals surface area contributed by atoms with E-state index in [4.69, 9.17) is 21.1 Å². The average Bonchev–Trinajstić information content (AvgIpc) is 3.29. The fourth-order valence-corrected chi connectivity index (χ4v) is 4.15. The number of carbonyl (C=O) groups excluding carboxylic acids is 1. The van der Waals surface area contributed by atoms with E-state index in [0.717, 1.165) is 42.0 Å². The number of hydrogen-bond donors (Lipinski definition) is 0. The fraction of sp³-hybridized carbons (Fsp3) is 0.231. The van der Waals surface area contributed by atoms with Crippen molar-refractivity contribution in [1.82, 2.24) is 4.98 Å². The van der Waals surface area contributed by atoms with E-state index in [2.05, 4.69) is 4.98 Å². The molecule has 0 amide bonds. The van der Waals surface area contributed by atoms with Crippen molar-refractivity contribution in [3.05, 3.63) is 93.8 Å². The number of carbonyl (C=O) groups is 1. The highest BCUT2D eigenvalue weighted by Gasteiger charge is 2.25. The zero-order valence-electron chi connectivity index (χ0n) is 18.0. The first-order chi connectivity index (χ1) is 16.0. The van der Waals surface area contributed by atoms with E-state index >= 15 is 0 Å². The Kier molecular flexibility index (Phi) is 7.04. The van der Waals surface area contributed by atoms with Crippen molar-refractivity contribution in [3.8, 4) is 5.75 Å². The standard InChI is InChI=1S/C26H22ClF2NO3/c1-2-32-26(31)21-7-4-12-30-25(21)20-6-3-5-19(20)22-13-17(27)9-11-24(22)33-15-16-8-10-18(28)14-23(16)29/h4,7-14H,2-3,5-6,15H2,1H3. The molecular weight excluding hydrogens is 448 g/mol. The highest BCUT2D eigenvalue weighted by Crippen LogP contribution is 2.44. The van der Waals surface area contributed by atoms with Crippen LogP contribution in [0, 0.1) is 11.6 Å². The average molecular weight is 470 g/mol. The fourth-order valence-electron chi connectivity index (χ4n) is 3.98. The Hall–Kier alpha value is -3.25. The molecule has 0 saturated heterocycles. The highest BCUT2D eigenvalue weighted by molar-refractivity contribution is 6.30. The third-order valence-corrected chi connectivity index (χ3v) is 5.71. The predicted octanol–water partition coefficient (Wildman–Crippen LogP) is 6.86. The minimum absolute atomic E-state index is 0.0684. The molecular formula is C26H22ClF2NO3. The van der Waals surface area contributed by atoms with E-state index in [1.165, 1.54) is 12.1 Å². The van der Waals surface area contributed by atoms with Gasteiger partial charge in [0.15, 0.2) is 0 Å². The molecule has 0 radical (unpaired) electrons. The number of rotatable bonds is 7. The third-order valence-electron chi connectivity index (χ3n) is 5.47. The first kappa shape index (κ1) is 22.9. The van der Waals surface area contributed by atoms with Crippen LogP contribution in [-0.2, 0) is 11.3 Å². The molecule has 0 unspecified atom stereocenters. The van der Waals surface area contributed by atoms with Crippen molar-refractivity contribution in [2.24, 2.45) is 0 Å². The molecule has 0 fully saturated rings. The molecule has 7 heteroatoms. The second-order valence-corrected chi connectivity index (χ2v) is 8.03. The number of pyridine rings is 1. The Morgan fingerprint density at radius 2 is 1.91 bits per heavy atom. The molecule has 1 aromatic heterocycles. The van der Waals surface area contributed by atoms with Crippen LogP contribution < -0.4 is 4.74 Å². The van der Waals surface area contributed by atoms with E-state index in [-0.39, 0.29) is 18.8 Å². The van der Waals surface area contributed by atoms with Gasteiger partial charge < -0.3 is 9.47 Å². The van der Waals surface area contributed by atoms with Gasteiger partial charge in [0, 0.05) is 28.4 Å². The predicted molar refractivity (Wildman–Crippen MR) is 123 cm³/mol. The summed E-state index contributed by atoms with van der Waals surface area (Å²) < 4.78 is 38.5. The number of nitrogens with zero attached hydrogens (tertiary/aromatic N) is 1. The normalized spacial score (nSPS) is 13.3. The maximum Gasteiger partial charge on any atom is 0.340 e. The minimum Gasteiger partial charge on any atom is -0.488 e. The molecule has 33 heavy (non-hydrogen) atoms. The lowest BCUT2D eigenvalue weighted by Crippen LogP contribution is -2.09. The van der Waals surface area contributed by atoms with Crippen molar-refractivity contribution < 1.29 is 23.0 Å². The summed E-state index contributed by atoms with van der Waals surface area (Å²) in [6.45, 7) is 1.96. The molecule has 0 atom stereocenters. The van der Waals surface area contributed by atoms with Crippen LogP contribution in [0.3, 0.4) is 0 Å². The monoisotopic (exact) mass is 469 g/mol. The van der Waals surface area contributed by atoms with Crippen molar-refractivity contribution in [3.63, 3.8) is 0 Å². The topological polar surface area (TPSA) is 48.4 Å². The molecule has 0 bridgehead atoms. The summed E-state index contributed by atoms with van der Waals surface area (Å²) in [5.41, 5.74) is 3.89. The molecule has 1 heterocycles. The lowest BCUT2D eigenvalue weighted by atomic mass is 9.97. The Morgan fingerprint density at radius 3 is 2.70 bits per heavy atom. The van der Waals surface area contributed by atoms with Gasteiger partial charge in [-0.1, -0.05) is 11.6 Å². The van der Waals surface area contributed by atoms with Gasteiger partial charge in [-0.25, -0.2) is 13.6 Å². The summed E-state index contributed by atoms with van der Waals surface area (Å²) in [4.78, 5) is 17.0. The number of benzene rings is 2. The van der Waals surface area contributed by atoms with Gasteiger partial charge in [-0.3, -0.25) is 4.98 Å². The summed E-state index contributed by atoms with van der Waals surface area (Å²) in [6.07, 6.45) is 4.00. The number of aromatic nitrogens is 1. The van der Waals surface area contributed by atoms with Gasteiger partial charge in [-0.15, -0.1) is 0 Å².